The fourth-order valence-electron chi connectivity index (χ4n) is 3.47. The van der Waals surface area contributed by atoms with Gasteiger partial charge in [-0.1, -0.05) is 24.3 Å². The molecule has 2 aromatic carbocycles. The van der Waals surface area contributed by atoms with E-state index in [1.165, 1.54) is 6.07 Å². The Kier molecular flexibility index (Phi) is 4.05. The molecule has 1 N–H and O–H groups in total. The van der Waals surface area contributed by atoms with Gasteiger partial charge in [-0.15, -0.1) is 0 Å². The largest absolute Gasteiger partial charge is 0.478 e. The molecule has 0 atom stereocenters. The second-order valence-corrected chi connectivity index (χ2v) is 6.59. The topological polar surface area (TPSA) is 58.4 Å². The Morgan fingerprint density at radius 1 is 1.19 bits per heavy atom. The summed E-state index contributed by atoms with van der Waals surface area (Å²) in [5.41, 5.74) is 4.31. The molecule has 1 aromatic heterocycles. The maximum atomic E-state index is 14.5. The van der Waals surface area contributed by atoms with Gasteiger partial charge in [0.2, 0.25) is 0 Å². The smallest absolute Gasteiger partial charge is 0.335 e. The summed E-state index contributed by atoms with van der Waals surface area (Å²) in [5, 5.41) is 13.9. The molecule has 0 bridgehead atoms. The molecule has 0 fully saturated rings. The van der Waals surface area contributed by atoms with Crippen LogP contribution in [-0.2, 0) is 19.6 Å². The Bertz CT molecular complexity index is 996. The van der Waals surface area contributed by atoms with E-state index in [1.54, 1.807) is 35.0 Å². The molecule has 0 spiro atoms. The highest BCUT2D eigenvalue weighted by Gasteiger charge is 2.27. The Morgan fingerprint density at radius 3 is 2.77 bits per heavy atom. The summed E-state index contributed by atoms with van der Waals surface area (Å²) in [4.78, 5) is 13.3. The van der Waals surface area contributed by atoms with Crippen molar-refractivity contribution in [1.82, 2.24) is 14.7 Å². The van der Waals surface area contributed by atoms with Crippen LogP contribution in [0.1, 0.15) is 27.2 Å². The first-order valence-electron chi connectivity index (χ1n) is 8.37. The van der Waals surface area contributed by atoms with Gasteiger partial charge in [0.15, 0.2) is 0 Å². The van der Waals surface area contributed by atoms with Gasteiger partial charge in [-0.2, -0.15) is 5.10 Å². The van der Waals surface area contributed by atoms with E-state index in [9.17, 15) is 14.3 Å². The maximum absolute atomic E-state index is 14.5. The van der Waals surface area contributed by atoms with Crippen LogP contribution in [0.2, 0.25) is 0 Å². The van der Waals surface area contributed by atoms with Crippen LogP contribution in [0.3, 0.4) is 0 Å². The fourth-order valence-corrected chi connectivity index (χ4v) is 3.47. The summed E-state index contributed by atoms with van der Waals surface area (Å²) in [6, 6.07) is 13.4. The summed E-state index contributed by atoms with van der Waals surface area (Å²) >= 11 is 0. The van der Waals surface area contributed by atoms with E-state index in [2.05, 4.69) is 10.00 Å². The lowest BCUT2D eigenvalue weighted by Crippen LogP contribution is -2.13. The molecule has 0 saturated carbocycles. The van der Waals surface area contributed by atoms with Crippen molar-refractivity contribution in [3.8, 4) is 11.3 Å². The number of nitrogens with zero attached hydrogens (tertiary/aromatic N) is 3. The molecule has 1 aliphatic rings. The standard InChI is InChI=1S/C20H18FN3O2/c1-23-11-16-18(12-23)22-24(19(16)15-7-2-3-8-17(15)21)10-13-5-4-6-14(9-13)20(25)26/h2-9H,10-12H2,1H3,(H,25,26). The van der Waals surface area contributed by atoms with Crippen molar-refractivity contribution in [2.45, 2.75) is 19.6 Å². The Balaban J connectivity index is 1.80. The predicted molar refractivity (Wildman–Crippen MR) is 95.3 cm³/mol. The zero-order chi connectivity index (χ0) is 18.3. The number of carboxylic acids is 1. The first-order valence-corrected chi connectivity index (χ1v) is 8.37. The molecule has 2 heterocycles. The molecule has 132 valence electrons. The quantitative estimate of drug-likeness (QED) is 0.783. The molecule has 0 saturated heterocycles. The van der Waals surface area contributed by atoms with Crippen molar-refractivity contribution in [1.29, 1.82) is 0 Å². The molecule has 0 aliphatic carbocycles. The molecule has 3 aromatic rings. The normalized spacial score (nSPS) is 13.8. The minimum atomic E-state index is -0.967. The van der Waals surface area contributed by atoms with Crippen LogP contribution in [0.25, 0.3) is 11.3 Å². The molecular weight excluding hydrogens is 333 g/mol. The Labute approximate surface area is 150 Å². The van der Waals surface area contributed by atoms with Gasteiger partial charge in [-0.25, -0.2) is 9.18 Å². The second kappa shape index (κ2) is 6.38. The van der Waals surface area contributed by atoms with E-state index >= 15 is 0 Å². The van der Waals surface area contributed by atoms with Crippen LogP contribution in [0, 0.1) is 5.82 Å². The van der Waals surface area contributed by atoms with Crippen LogP contribution < -0.4 is 0 Å². The summed E-state index contributed by atoms with van der Waals surface area (Å²) < 4.78 is 16.3. The number of halogens is 1. The average molecular weight is 351 g/mol. The number of hydrogen-bond donors (Lipinski definition) is 1. The van der Waals surface area contributed by atoms with Gasteiger partial charge < -0.3 is 5.11 Å². The third-order valence-electron chi connectivity index (χ3n) is 4.62. The lowest BCUT2D eigenvalue weighted by Gasteiger charge is -2.13. The predicted octanol–water partition coefficient (Wildman–Crippen LogP) is 3.38. The van der Waals surface area contributed by atoms with Crippen molar-refractivity contribution in [3.63, 3.8) is 0 Å². The highest BCUT2D eigenvalue weighted by atomic mass is 19.1. The van der Waals surface area contributed by atoms with E-state index in [-0.39, 0.29) is 11.4 Å². The monoisotopic (exact) mass is 351 g/mol. The van der Waals surface area contributed by atoms with Crippen LogP contribution in [0.5, 0.6) is 0 Å². The maximum Gasteiger partial charge on any atom is 0.335 e. The number of hydrogen-bond acceptors (Lipinski definition) is 3. The van der Waals surface area contributed by atoms with Gasteiger partial charge in [-0.3, -0.25) is 9.58 Å². The van der Waals surface area contributed by atoms with E-state index in [0.29, 0.717) is 18.7 Å². The molecule has 0 unspecified atom stereocenters. The molecule has 0 radical (unpaired) electrons. The SMILES string of the molecule is CN1Cc2nn(Cc3cccc(C(=O)O)c3)c(-c3ccccc3F)c2C1. The minimum absolute atomic E-state index is 0.231. The van der Waals surface area contributed by atoms with E-state index in [1.807, 2.05) is 19.2 Å². The minimum Gasteiger partial charge on any atom is -0.478 e. The van der Waals surface area contributed by atoms with Crippen LogP contribution in [0.4, 0.5) is 4.39 Å². The third-order valence-corrected chi connectivity index (χ3v) is 4.62. The molecule has 0 amide bonds. The lowest BCUT2D eigenvalue weighted by molar-refractivity contribution is 0.0696. The zero-order valence-electron chi connectivity index (χ0n) is 14.3. The molecule has 6 heteroatoms. The van der Waals surface area contributed by atoms with Gasteiger partial charge in [-0.05, 0) is 36.9 Å². The third kappa shape index (κ3) is 2.88. The van der Waals surface area contributed by atoms with Gasteiger partial charge in [0.25, 0.3) is 0 Å². The molecular formula is C20H18FN3O2. The van der Waals surface area contributed by atoms with Gasteiger partial charge in [0.1, 0.15) is 5.82 Å². The van der Waals surface area contributed by atoms with E-state index < -0.39 is 5.97 Å². The fraction of sp³-hybridized carbons (Fsp3) is 0.200. The second-order valence-electron chi connectivity index (χ2n) is 6.59. The number of carboxylic acid groups (broad SMARTS) is 1. The first kappa shape index (κ1) is 16.5. The van der Waals surface area contributed by atoms with Crippen molar-refractivity contribution in [2.24, 2.45) is 0 Å². The number of carbonyl (C=O) groups is 1. The van der Waals surface area contributed by atoms with E-state index in [0.717, 1.165) is 29.1 Å². The number of aromatic carboxylic acids is 1. The van der Waals surface area contributed by atoms with Crippen molar-refractivity contribution in [3.05, 3.63) is 76.7 Å². The number of benzene rings is 2. The zero-order valence-corrected chi connectivity index (χ0v) is 14.3. The molecule has 5 nitrogen and oxygen atoms in total. The lowest BCUT2D eigenvalue weighted by atomic mass is 10.1. The van der Waals surface area contributed by atoms with Gasteiger partial charge >= 0.3 is 5.97 Å². The van der Waals surface area contributed by atoms with Crippen LogP contribution in [0.15, 0.2) is 48.5 Å². The summed E-state index contributed by atoms with van der Waals surface area (Å²) in [5.74, 6) is -1.25. The Hall–Kier alpha value is -2.99. The van der Waals surface area contributed by atoms with Crippen molar-refractivity contribution in [2.75, 3.05) is 7.05 Å². The average Bonchev–Trinajstić information content (AvgIpc) is 3.11. The first-order chi connectivity index (χ1) is 12.5. The highest BCUT2D eigenvalue weighted by Crippen LogP contribution is 2.34. The van der Waals surface area contributed by atoms with Gasteiger partial charge in [0.05, 0.1) is 23.5 Å². The number of rotatable bonds is 4. The molecule has 26 heavy (non-hydrogen) atoms. The van der Waals surface area contributed by atoms with Crippen LogP contribution in [-0.4, -0.2) is 32.8 Å². The highest BCUT2D eigenvalue weighted by molar-refractivity contribution is 5.87. The summed E-state index contributed by atoms with van der Waals surface area (Å²) in [7, 11) is 2.01. The summed E-state index contributed by atoms with van der Waals surface area (Å²) in [6.07, 6.45) is 0. The van der Waals surface area contributed by atoms with Crippen molar-refractivity contribution >= 4 is 5.97 Å². The van der Waals surface area contributed by atoms with E-state index in [4.69, 9.17) is 0 Å². The van der Waals surface area contributed by atoms with Crippen molar-refractivity contribution < 1.29 is 14.3 Å². The summed E-state index contributed by atoms with van der Waals surface area (Å²) in [6.45, 7) is 1.83. The molecule has 1 aliphatic heterocycles. The van der Waals surface area contributed by atoms with Crippen LogP contribution >= 0.6 is 0 Å². The Morgan fingerprint density at radius 2 is 2.00 bits per heavy atom. The molecule has 4 rings (SSSR count). The number of fused-ring (bicyclic) bond motifs is 1. The number of aromatic nitrogens is 2. The van der Waals surface area contributed by atoms with Gasteiger partial charge in [0, 0.05) is 24.2 Å².